The summed E-state index contributed by atoms with van der Waals surface area (Å²) in [6.45, 7) is 5.82. The molecule has 1 N–H and O–H groups in total. The minimum Gasteiger partial charge on any atom is -0.489 e. The maximum absolute atomic E-state index is 12.8. The van der Waals surface area contributed by atoms with Crippen LogP contribution in [-0.4, -0.2) is 32.2 Å². The Morgan fingerprint density at radius 2 is 1.74 bits per heavy atom. The molecule has 1 unspecified atom stereocenters. The summed E-state index contributed by atoms with van der Waals surface area (Å²) < 4.78 is 11.3. The van der Waals surface area contributed by atoms with E-state index in [0.29, 0.717) is 17.9 Å². The second kappa shape index (κ2) is 10.1. The van der Waals surface area contributed by atoms with Gasteiger partial charge in [0.25, 0.3) is 5.91 Å². The quantitative estimate of drug-likeness (QED) is 0.612. The highest BCUT2D eigenvalue weighted by molar-refractivity contribution is 5.94. The number of rotatable bonds is 7. The molecule has 0 spiro atoms. The van der Waals surface area contributed by atoms with Crippen molar-refractivity contribution in [1.82, 2.24) is 5.32 Å². The lowest BCUT2D eigenvalue weighted by molar-refractivity contribution is 0.0939. The van der Waals surface area contributed by atoms with Crippen LogP contribution in [0.1, 0.15) is 34.5 Å². The van der Waals surface area contributed by atoms with Crippen molar-refractivity contribution < 1.29 is 14.3 Å². The second-order valence-electron chi connectivity index (χ2n) is 7.69. The summed E-state index contributed by atoms with van der Waals surface area (Å²) in [7, 11) is 0. The van der Waals surface area contributed by atoms with E-state index in [0.717, 1.165) is 37.4 Å². The maximum Gasteiger partial charge on any atom is 0.251 e. The number of carbonyl (C=O) groups is 1. The van der Waals surface area contributed by atoms with Gasteiger partial charge in [0.2, 0.25) is 0 Å². The molecule has 160 valence electrons. The number of anilines is 1. The third-order valence-electron chi connectivity index (χ3n) is 5.46. The van der Waals surface area contributed by atoms with Crippen LogP contribution in [0.2, 0.25) is 0 Å². The van der Waals surface area contributed by atoms with Crippen LogP contribution < -0.4 is 15.0 Å². The molecule has 5 nitrogen and oxygen atoms in total. The highest BCUT2D eigenvalue weighted by Crippen LogP contribution is 2.21. The third-order valence-corrected chi connectivity index (χ3v) is 5.46. The lowest BCUT2D eigenvalue weighted by Crippen LogP contribution is -2.36. The largest absolute Gasteiger partial charge is 0.489 e. The van der Waals surface area contributed by atoms with Crippen molar-refractivity contribution in [2.24, 2.45) is 0 Å². The van der Waals surface area contributed by atoms with Crippen molar-refractivity contribution in [3.63, 3.8) is 0 Å². The first-order chi connectivity index (χ1) is 15.2. The number of hydrogen-bond donors (Lipinski definition) is 1. The molecule has 31 heavy (non-hydrogen) atoms. The van der Waals surface area contributed by atoms with E-state index in [2.05, 4.69) is 34.5 Å². The molecule has 0 aromatic heterocycles. The zero-order valence-corrected chi connectivity index (χ0v) is 17.8. The van der Waals surface area contributed by atoms with E-state index in [9.17, 15) is 4.79 Å². The van der Waals surface area contributed by atoms with Gasteiger partial charge in [-0.2, -0.15) is 0 Å². The molecule has 4 rings (SSSR count). The SMILES string of the molecule is CC(NC(=O)c1cccc(OCc2ccccc2)c1)c1ccc(N2CCOCC2)cc1. The average molecular weight is 417 g/mol. The molecular formula is C26H28N2O3. The number of benzene rings is 3. The normalized spacial score (nSPS) is 14.7. The Morgan fingerprint density at radius 3 is 2.48 bits per heavy atom. The van der Waals surface area contributed by atoms with Gasteiger partial charge >= 0.3 is 0 Å². The first-order valence-corrected chi connectivity index (χ1v) is 10.7. The number of morpholine rings is 1. The van der Waals surface area contributed by atoms with Crippen molar-refractivity contribution in [3.8, 4) is 5.75 Å². The summed E-state index contributed by atoms with van der Waals surface area (Å²) in [6, 6.07) is 25.6. The molecule has 1 aliphatic heterocycles. The molecule has 1 fully saturated rings. The number of nitrogens with one attached hydrogen (secondary N) is 1. The molecule has 1 amide bonds. The molecule has 0 bridgehead atoms. The molecule has 3 aromatic carbocycles. The fraction of sp³-hybridized carbons (Fsp3) is 0.269. The molecule has 1 atom stereocenters. The summed E-state index contributed by atoms with van der Waals surface area (Å²) in [4.78, 5) is 15.1. The highest BCUT2D eigenvalue weighted by atomic mass is 16.5. The summed E-state index contributed by atoms with van der Waals surface area (Å²) in [5, 5.41) is 3.08. The maximum atomic E-state index is 12.8. The van der Waals surface area contributed by atoms with Crippen molar-refractivity contribution in [3.05, 3.63) is 95.6 Å². The lowest BCUT2D eigenvalue weighted by Gasteiger charge is -2.29. The van der Waals surface area contributed by atoms with Crippen LogP contribution >= 0.6 is 0 Å². The third kappa shape index (κ3) is 5.64. The van der Waals surface area contributed by atoms with Crippen molar-refractivity contribution in [2.45, 2.75) is 19.6 Å². The molecule has 1 aliphatic rings. The standard InChI is InChI=1S/C26H28N2O3/c1-20(22-10-12-24(13-11-22)28-14-16-30-17-15-28)27-26(29)23-8-5-9-25(18-23)31-19-21-6-3-2-4-7-21/h2-13,18,20H,14-17,19H2,1H3,(H,27,29). The topological polar surface area (TPSA) is 50.8 Å². The van der Waals surface area contributed by atoms with Crippen LogP contribution in [0.3, 0.4) is 0 Å². The first-order valence-electron chi connectivity index (χ1n) is 10.7. The van der Waals surface area contributed by atoms with E-state index in [1.165, 1.54) is 5.69 Å². The van der Waals surface area contributed by atoms with E-state index in [-0.39, 0.29) is 11.9 Å². The van der Waals surface area contributed by atoms with Crippen LogP contribution in [0.15, 0.2) is 78.9 Å². The minimum atomic E-state index is -0.116. The Bertz CT molecular complexity index is 983. The smallest absolute Gasteiger partial charge is 0.251 e. The Kier molecular flexibility index (Phi) is 6.85. The first kappa shape index (κ1) is 20.9. The number of nitrogens with zero attached hydrogens (tertiary/aromatic N) is 1. The van der Waals surface area contributed by atoms with Gasteiger partial charge in [0.1, 0.15) is 12.4 Å². The van der Waals surface area contributed by atoms with E-state index in [1.54, 1.807) is 12.1 Å². The molecule has 0 saturated carbocycles. The summed E-state index contributed by atoms with van der Waals surface area (Å²) in [5.74, 6) is 0.564. The number of hydrogen-bond acceptors (Lipinski definition) is 4. The molecule has 1 saturated heterocycles. The zero-order chi connectivity index (χ0) is 21.5. The van der Waals surface area contributed by atoms with Gasteiger partial charge in [-0.25, -0.2) is 0 Å². The molecule has 0 radical (unpaired) electrons. The van der Waals surface area contributed by atoms with Gasteiger partial charge in [-0.05, 0) is 48.4 Å². The van der Waals surface area contributed by atoms with Gasteiger partial charge in [-0.3, -0.25) is 4.79 Å². The Labute approximate surface area is 183 Å². The average Bonchev–Trinajstić information content (AvgIpc) is 2.84. The van der Waals surface area contributed by atoms with E-state index in [1.807, 2.05) is 49.4 Å². The monoisotopic (exact) mass is 416 g/mol. The number of carbonyl (C=O) groups excluding carboxylic acids is 1. The molecule has 3 aromatic rings. The van der Waals surface area contributed by atoms with Gasteiger partial charge in [-0.1, -0.05) is 48.5 Å². The highest BCUT2D eigenvalue weighted by Gasteiger charge is 2.14. The fourth-order valence-electron chi connectivity index (χ4n) is 3.63. The van der Waals surface area contributed by atoms with Gasteiger partial charge in [0, 0.05) is 24.3 Å². The van der Waals surface area contributed by atoms with Gasteiger partial charge in [-0.15, -0.1) is 0 Å². The summed E-state index contributed by atoms with van der Waals surface area (Å²) >= 11 is 0. The Balaban J connectivity index is 1.35. The van der Waals surface area contributed by atoms with Gasteiger partial charge in [0.05, 0.1) is 19.3 Å². The lowest BCUT2D eigenvalue weighted by atomic mass is 10.1. The predicted octanol–water partition coefficient (Wildman–Crippen LogP) is 4.59. The fourth-order valence-corrected chi connectivity index (χ4v) is 3.63. The van der Waals surface area contributed by atoms with Crippen molar-refractivity contribution >= 4 is 11.6 Å². The second-order valence-corrected chi connectivity index (χ2v) is 7.69. The van der Waals surface area contributed by atoms with Crippen molar-refractivity contribution in [1.29, 1.82) is 0 Å². The number of amides is 1. The Hall–Kier alpha value is -3.31. The zero-order valence-electron chi connectivity index (χ0n) is 17.8. The van der Waals surface area contributed by atoms with Gasteiger partial charge in [0.15, 0.2) is 0 Å². The number of ether oxygens (including phenoxy) is 2. The van der Waals surface area contributed by atoms with E-state index >= 15 is 0 Å². The van der Waals surface area contributed by atoms with Crippen LogP contribution in [0.25, 0.3) is 0 Å². The van der Waals surface area contributed by atoms with Crippen LogP contribution in [0, 0.1) is 0 Å². The van der Waals surface area contributed by atoms with Crippen molar-refractivity contribution in [2.75, 3.05) is 31.2 Å². The Morgan fingerprint density at radius 1 is 1.00 bits per heavy atom. The van der Waals surface area contributed by atoms with E-state index < -0.39 is 0 Å². The molecule has 0 aliphatic carbocycles. The minimum absolute atomic E-state index is 0.0971. The summed E-state index contributed by atoms with van der Waals surface area (Å²) in [5.41, 5.74) is 3.93. The molecule has 5 heteroatoms. The molecule has 1 heterocycles. The molecular weight excluding hydrogens is 388 g/mol. The van der Waals surface area contributed by atoms with Gasteiger partial charge < -0.3 is 19.7 Å². The summed E-state index contributed by atoms with van der Waals surface area (Å²) in [6.07, 6.45) is 0. The van der Waals surface area contributed by atoms with Crippen LogP contribution in [0.5, 0.6) is 5.75 Å². The van der Waals surface area contributed by atoms with E-state index in [4.69, 9.17) is 9.47 Å². The van der Waals surface area contributed by atoms with Crippen LogP contribution in [0.4, 0.5) is 5.69 Å². The van der Waals surface area contributed by atoms with Crippen LogP contribution in [-0.2, 0) is 11.3 Å². The predicted molar refractivity (Wildman–Crippen MR) is 123 cm³/mol.